The average Bonchev–Trinajstić information content (AvgIpc) is 3.39. The molecule has 1 unspecified atom stereocenters. The molecule has 1 atom stereocenters. The number of hydrogen-bond donors (Lipinski definition) is 1. The molecular formula is C25H25N5O2S. The number of carbonyl (C=O) groups is 1. The van der Waals surface area contributed by atoms with Gasteiger partial charge in [0, 0.05) is 17.9 Å². The number of thioether (sulfide) groups is 1. The zero-order valence-corrected chi connectivity index (χ0v) is 19.6. The number of hydrogen-bond acceptors (Lipinski definition) is 5. The largest absolute Gasteiger partial charge is 0.326 e. The number of nitrogens with zero attached hydrogens (tertiary/aromatic N) is 4. The predicted octanol–water partition coefficient (Wildman–Crippen LogP) is 4.69. The lowest BCUT2D eigenvalue weighted by atomic mass is 10.0. The number of aromatic nitrogens is 4. The molecule has 0 saturated carbocycles. The van der Waals surface area contributed by atoms with Crippen LogP contribution in [0.3, 0.4) is 0 Å². The third kappa shape index (κ3) is 4.06. The molecule has 3 heterocycles. The SMILES string of the molecule is Cc1cccc(-n2ncc3c(=O)n4c(nc32)SCC4CC(=O)Nc2ccc(C(C)C)cc2)c1. The van der Waals surface area contributed by atoms with Gasteiger partial charge in [0.05, 0.1) is 17.9 Å². The van der Waals surface area contributed by atoms with Crippen LogP contribution in [-0.4, -0.2) is 31.0 Å². The molecule has 1 aliphatic heterocycles. The van der Waals surface area contributed by atoms with Gasteiger partial charge in [-0.1, -0.05) is 49.9 Å². The Bertz CT molecular complexity index is 1400. The van der Waals surface area contributed by atoms with Gasteiger partial charge in [0.1, 0.15) is 5.39 Å². The highest BCUT2D eigenvalue weighted by atomic mass is 32.2. The maximum atomic E-state index is 13.3. The smallest absolute Gasteiger partial charge is 0.265 e. The maximum Gasteiger partial charge on any atom is 0.265 e. The second-order valence-electron chi connectivity index (χ2n) is 8.70. The highest BCUT2D eigenvalue weighted by molar-refractivity contribution is 7.99. The van der Waals surface area contributed by atoms with Gasteiger partial charge in [-0.2, -0.15) is 5.10 Å². The van der Waals surface area contributed by atoms with Gasteiger partial charge >= 0.3 is 0 Å². The number of fused-ring (bicyclic) bond motifs is 2. The molecule has 0 spiro atoms. The van der Waals surface area contributed by atoms with Gasteiger partial charge in [-0.3, -0.25) is 14.2 Å². The Morgan fingerprint density at radius 2 is 2.00 bits per heavy atom. The molecule has 5 rings (SSSR count). The highest BCUT2D eigenvalue weighted by Gasteiger charge is 2.29. The summed E-state index contributed by atoms with van der Waals surface area (Å²) in [4.78, 5) is 30.8. The van der Waals surface area contributed by atoms with Crippen molar-refractivity contribution >= 4 is 34.4 Å². The lowest BCUT2D eigenvalue weighted by Crippen LogP contribution is -2.27. The fourth-order valence-corrected chi connectivity index (χ4v) is 5.24. The quantitative estimate of drug-likeness (QED) is 0.438. The second kappa shape index (κ2) is 8.51. The summed E-state index contributed by atoms with van der Waals surface area (Å²) in [6.07, 6.45) is 1.78. The molecule has 2 aromatic heterocycles. The van der Waals surface area contributed by atoms with Crippen molar-refractivity contribution in [1.82, 2.24) is 19.3 Å². The minimum Gasteiger partial charge on any atom is -0.326 e. The van der Waals surface area contributed by atoms with Crippen molar-refractivity contribution in [2.75, 3.05) is 11.1 Å². The number of anilines is 1. The summed E-state index contributed by atoms with van der Waals surface area (Å²) in [6.45, 7) is 6.28. The fourth-order valence-electron chi connectivity index (χ4n) is 4.11. The van der Waals surface area contributed by atoms with Crippen LogP contribution >= 0.6 is 11.8 Å². The molecule has 1 aliphatic rings. The molecular weight excluding hydrogens is 434 g/mol. The molecule has 1 amide bonds. The Hall–Kier alpha value is -3.39. The standard InChI is InChI=1S/C25H25N5O2S/c1-15(2)17-7-9-18(10-8-17)27-22(31)12-20-14-33-25-28-23-21(24(32)29(20)25)13-26-30(23)19-6-4-5-16(3)11-19/h4-11,13,15,20H,12,14H2,1-3H3,(H,27,31). The molecule has 0 bridgehead atoms. The molecule has 2 aromatic carbocycles. The van der Waals surface area contributed by atoms with Gasteiger partial charge < -0.3 is 5.32 Å². The van der Waals surface area contributed by atoms with Crippen LogP contribution in [0.1, 0.15) is 43.4 Å². The first-order valence-electron chi connectivity index (χ1n) is 11.0. The van der Waals surface area contributed by atoms with Crippen molar-refractivity contribution in [3.63, 3.8) is 0 Å². The summed E-state index contributed by atoms with van der Waals surface area (Å²) in [5.41, 5.74) is 4.34. The fraction of sp³-hybridized carbons (Fsp3) is 0.280. The first kappa shape index (κ1) is 21.5. The lowest BCUT2D eigenvalue weighted by Gasteiger charge is -2.14. The second-order valence-corrected chi connectivity index (χ2v) is 9.68. The number of aryl methyl sites for hydroxylation is 1. The predicted molar refractivity (Wildman–Crippen MR) is 131 cm³/mol. The molecule has 0 saturated heterocycles. The normalized spacial score (nSPS) is 15.2. The van der Waals surface area contributed by atoms with Gasteiger partial charge in [-0.05, 0) is 48.2 Å². The molecule has 0 fully saturated rings. The number of carbonyl (C=O) groups excluding carboxylic acids is 1. The molecule has 7 nitrogen and oxygen atoms in total. The van der Waals surface area contributed by atoms with Gasteiger partial charge in [0.15, 0.2) is 10.8 Å². The van der Waals surface area contributed by atoms with Crippen LogP contribution in [0.5, 0.6) is 0 Å². The Morgan fingerprint density at radius 3 is 2.73 bits per heavy atom. The van der Waals surface area contributed by atoms with Gasteiger partial charge in [0.25, 0.3) is 5.56 Å². The van der Waals surface area contributed by atoms with Gasteiger partial charge in [-0.15, -0.1) is 0 Å². The average molecular weight is 460 g/mol. The summed E-state index contributed by atoms with van der Waals surface area (Å²) in [5.74, 6) is 0.952. The van der Waals surface area contributed by atoms with E-state index in [9.17, 15) is 9.59 Å². The van der Waals surface area contributed by atoms with Crippen LogP contribution in [0.4, 0.5) is 5.69 Å². The Balaban J connectivity index is 1.39. The third-order valence-corrected chi connectivity index (χ3v) is 7.00. The highest BCUT2D eigenvalue weighted by Crippen LogP contribution is 2.33. The molecule has 4 aromatic rings. The summed E-state index contributed by atoms with van der Waals surface area (Å²) >= 11 is 1.50. The van der Waals surface area contributed by atoms with Crippen LogP contribution < -0.4 is 10.9 Å². The molecule has 168 valence electrons. The van der Waals surface area contributed by atoms with E-state index in [4.69, 9.17) is 4.98 Å². The van der Waals surface area contributed by atoms with Crippen molar-refractivity contribution in [3.05, 3.63) is 76.2 Å². The minimum atomic E-state index is -0.244. The van der Waals surface area contributed by atoms with Crippen molar-refractivity contribution < 1.29 is 4.79 Å². The summed E-state index contributed by atoms with van der Waals surface area (Å²) < 4.78 is 3.35. The van der Waals surface area contributed by atoms with E-state index in [-0.39, 0.29) is 23.9 Å². The van der Waals surface area contributed by atoms with Crippen LogP contribution in [0, 0.1) is 6.92 Å². The maximum absolute atomic E-state index is 13.3. The first-order valence-corrected chi connectivity index (χ1v) is 12.0. The number of rotatable bonds is 5. The van der Waals surface area contributed by atoms with Crippen LogP contribution in [0.25, 0.3) is 16.7 Å². The molecule has 8 heteroatoms. The first-order chi connectivity index (χ1) is 15.9. The Morgan fingerprint density at radius 1 is 1.21 bits per heavy atom. The molecule has 0 aliphatic carbocycles. The van der Waals surface area contributed by atoms with E-state index in [1.165, 1.54) is 17.3 Å². The van der Waals surface area contributed by atoms with Gasteiger partial charge in [-0.25, -0.2) is 9.67 Å². The van der Waals surface area contributed by atoms with E-state index in [0.717, 1.165) is 16.9 Å². The number of benzene rings is 2. The van der Waals surface area contributed by atoms with Crippen molar-refractivity contribution in [2.45, 2.75) is 44.3 Å². The summed E-state index contributed by atoms with van der Waals surface area (Å²) in [7, 11) is 0. The van der Waals surface area contributed by atoms with Crippen molar-refractivity contribution in [1.29, 1.82) is 0 Å². The number of amides is 1. The van der Waals surface area contributed by atoms with E-state index in [0.29, 0.717) is 27.9 Å². The van der Waals surface area contributed by atoms with Crippen molar-refractivity contribution in [2.24, 2.45) is 0 Å². The van der Waals surface area contributed by atoms with Gasteiger partial charge in [0.2, 0.25) is 5.91 Å². The van der Waals surface area contributed by atoms with Crippen molar-refractivity contribution in [3.8, 4) is 5.69 Å². The van der Waals surface area contributed by atoms with Crippen LogP contribution in [-0.2, 0) is 4.79 Å². The van der Waals surface area contributed by atoms with Crippen LogP contribution in [0.15, 0.2) is 64.7 Å². The third-order valence-electron chi connectivity index (χ3n) is 5.90. The van der Waals surface area contributed by atoms with E-state index >= 15 is 0 Å². The zero-order valence-electron chi connectivity index (χ0n) is 18.8. The van der Waals surface area contributed by atoms with E-state index < -0.39 is 0 Å². The summed E-state index contributed by atoms with van der Waals surface area (Å²) in [5, 5.41) is 8.46. The topological polar surface area (TPSA) is 81.8 Å². The van der Waals surface area contributed by atoms with E-state index in [1.807, 2.05) is 55.5 Å². The van der Waals surface area contributed by atoms with Crippen LogP contribution in [0.2, 0.25) is 0 Å². The van der Waals surface area contributed by atoms with E-state index in [2.05, 4.69) is 24.3 Å². The minimum absolute atomic E-state index is 0.117. The Labute approximate surface area is 195 Å². The summed E-state index contributed by atoms with van der Waals surface area (Å²) in [6, 6.07) is 15.6. The van der Waals surface area contributed by atoms with E-state index in [1.54, 1.807) is 15.4 Å². The number of nitrogens with one attached hydrogen (secondary N) is 1. The molecule has 1 N–H and O–H groups in total. The molecule has 0 radical (unpaired) electrons. The monoisotopic (exact) mass is 459 g/mol. The Kier molecular flexibility index (Phi) is 5.54. The molecule has 33 heavy (non-hydrogen) atoms. The zero-order chi connectivity index (χ0) is 23.1. The lowest BCUT2D eigenvalue weighted by molar-refractivity contribution is -0.116.